The predicted octanol–water partition coefficient (Wildman–Crippen LogP) is 9.42. The molecule has 0 saturated carbocycles. The molecule has 37 heavy (non-hydrogen) atoms. The lowest BCUT2D eigenvalue weighted by Gasteiger charge is -2.15. The fourth-order valence-corrected chi connectivity index (χ4v) is 4.10. The monoisotopic (exact) mass is 520 g/mol. The number of aliphatic hydroxyl groups excluding tert-OH is 1. The van der Waals surface area contributed by atoms with E-state index in [0.29, 0.717) is 19.6 Å². The van der Waals surface area contributed by atoms with E-state index in [1.54, 1.807) is 0 Å². The highest BCUT2D eigenvalue weighted by Crippen LogP contribution is 2.11. The molecule has 0 aromatic rings. The molecule has 0 amide bonds. The number of carbonyl (C=O) groups excluding carboxylic acids is 1. The molecule has 4 nitrogen and oxygen atoms in total. The molecule has 0 radical (unpaired) electrons. The van der Waals surface area contributed by atoms with Crippen LogP contribution in [-0.2, 0) is 14.3 Å². The van der Waals surface area contributed by atoms with Gasteiger partial charge in [-0.05, 0) is 51.4 Å². The number of allylic oxidation sites excluding steroid dienone is 6. The third-order valence-electron chi connectivity index (χ3n) is 6.47. The number of aliphatic hydroxyl groups is 1. The van der Waals surface area contributed by atoms with Crippen LogP contribution in [0.5, 0.6) is 0 Å². The van der Waals surface area contributed by atoms with E-state index < -0.39 is 6.10 Å². The zero-order valence-electron chi connectivity index (χ0n) is 24.5. The molecule has 0 aliphatic rings. The molecule has 0 aliphatic carbocycles. The molecule has 0 aromatic carbocycles. The molecule has 1 atom stereocenters. The van der Waals surface area contributed by atoms with Crippen LogP contribution in [0.3, 0.4) is 0 Å². The summed E-state index contributed by atoms with van der Waals surface area (Å²) < 4.78 is 11.0. The van der Waals surface area contributed by atoms with Crippen molar-refractivity contribution in [1.29, 1.82) is 0 Å². The fourth-order valence-electron chi connectivity index (χ4n) is 4.10. The summed E-state index contributed by atoms with van der Waals surface area (Å²) in [4.78, 5) is 12.0. The summed E-state index contributed by atoms with van der Waals surface area (Å²) >= 11 is 0. The van der Waals surface area contributed by atoms with Gasteiger partial charge >= 0.3 is 5.97 Å². The Balaban J connectivity index is 3.50. The zero-order chi connectivity index (χ0) is 27.1. The van der Waals surface area contributed by atoms with Crippen molar-refractivity contribution in [3.05, 3.63) is 36.5 Å². The molecule has 0 rings (SSSR count). The molecule has 0 aromatic heterocycles. The first-order valence-electron chi connectivity index (χ1n) is 15.6. The topological polar surface area (TPSA) is 55.8 Å². The van der Waals surface area contributed by atoms with Crippen molar-refractivity contribution in [2.45, 2.75) is 148 Å². The molecule has 0 fully saturated rings. The van der Waals surface area contributed by atoms with Gasteiger partial charge in [0.1, 0.15) is 6.10 Å². The van der Waals surface area contributed by atoms with E-state index in [4.69, 9.17) is 9.47 Å². The minimum atomic E-state index is -0.534. The number of hydrogen-bond donors (Lipinski definition) is 1. The van der Waals surface area contributed by atoms with Gasteiger partial charge < -0.3 is 14.6 Å². The number of hydrogen-bond acceptors (Lipinski definition) is 4. The number of rotatable bonds is 28. The summed E-state index contributed by atoms with van der Waals surface area (Å²) in [6, 6.07) is 0. The summed E-state index contributed by atoms with van der Waals surface area (Å²) in [5, 5.41) is 9.44. The van der Waals surface area contributed by atoms with Crippen molar-refractivity contribution >= 4 is 5.97 Å². The lowest BCUT2D eigenvalue weighted by Crippen LogP contribution is -2.27. The molecule has 4 heteroatoms. The molecule has 216 valence electrons. The van der Waals surface area contributed by atoms with E-state index >= 15 is 0 Å². The van der Waals surface area contributed by atoms with Crippen molar-refractivity contribution in [2.75, 3.05) is 19.8 Å². The standard InChI is InChI=1S/C33H60O4/c1-3-5-7-9-11-12-13-14-15-16-17-18-19-20-21-22-23-24-26-28-33(35)37-32(30-34)31-36-29-27-25-10-8-6-4-2/h11-12,14-15,17-18,32,34H,3-10,13,16,19-31H2,1-2H3/b12-11-,15-14-,18-17-. The lowest BCUT2D eigenvalue weighted by atomic mass is 10.1. The molecule has 0 aliphatic heterocycles. The first-order valence-corrected chi connectivity index (χ1v) is 15.6. The molecule has 0 spiro atoms. The van der Waals surface area contributed by atoms with Crippen LogP contribution >= 0.6 is 0 Å². The van der Waals surface area contributed by atoms with Crippen LogP contribution in [0.25, 0.3) is 0 Å². The first-order chi connectivity index (χ1) is 18.2. The molecule has 1 N–H and O–H groups in total. The quantitative estimate of drug-likeness (QED) is 0.0634. The second-order valence-corrected chi connectivity index (χ2v) is 10.2. The highest BCUT2D eigenvalue weighted by atomic mass is 16.6. The van der Waals surface area contributed by atoms with Crippen molar-refractivity contribution in [3.8, 4) is 0 Å². The predicted molar refractivity (Wildman–Crippen MR) is 159 cm³/mol. The minimum absolute atomic E-state index is 0.177. The van der Waals surface area contributed by atoms with Gasteiger partial charge in [-0.1, -0.05) is 121 Å². The maximum atomic E-state index is 12.0. The second kappa shape index (κ2) is 30.8. The highest BCUT2D eigenvalue weighted by molar-refractivity contribution is 5.69. The molecular formula is C33H60O4. The van der Waals surface area contributed by atoms with Gasteiger partial charge in [0.05, 0.1) is 13.2 Å². The third kappa shape index (κ3) is 29.0. The number of ether oxygens (including phenoxy) is 2. The Morgan fingerprint density at radius 1 is 0.649 bits per heavy atom. The average molecular weight is 521 g/mol. The SMILES string of the molecule is CCCCC/C=C\C/C=C\C/C=C\CCCCCCCCC(=O)OC(CO)COCCCCCCCC. The Bertz CT molecular complexity index is 553. The first kappa shape index (κ1) is 35.6. The fraction of sp³-hybridized carbons (Fsp3) is 0.788. The van der Waals surface area contributed by atoms with Crippen molar-refractivity contribution in [2.24, 2.45) is 0 Å². The lowest BCUT2D eigenvalue weighted by molar-refractivity contribution is -0.154. The molecule has 1 unspecified atom stereocenters. The van der Waals surface area contributed by atoms with Gasteiger partial charge in [-0.15, -0.1) is 0 Å². The van der Waals surface area contributed by atoms with Gasteiger partial charge in [0.2, 0.25) is 0 Å². The minimum Gasteiger partial charge on any atom is -0.457 e. The van der Waals surface area contributed by atoms with Gasteiger partial charge in [-0.2, -0.15) is 0 Å². The summed E-state index contributed by atoms with van der Waals surface area (Å²) in [6.45, 7) is 5.25. The van der Waals surface area contributed by atoms with Crippen molar-refractivity contribution < 1.29 is 19.4 Å². The van der Waals surface area contributed by atoms with Crippen LogP contribution in [-0.4, -0.2) is 37.0 Å². The third-order valence-corrected chi connectivity index (χ3v) is 6.47. The van der Waals surface area contributed by atoms with Gasteiger partial charge in [-0.25, -0.2) is 0 Å². The maximum absolute atomic E-state index is 12.0. The maximum Gasteiger partial charge on any atom is 0.306 e. The van der Waals surface area contributed by atoms with E-state index in [1.165, 1.54) is 77.0 Å². The van der Waals surface area contributed by atoms with Crippen LogP contribution < -0.4 is 0 Å². The Kier molecular flexibility index (Phi) is 29.7. The van der Waals surface area contributed by atoms with Gasteiger partial charge in [0.15, 0.2) is 0 Å². The number of carbonyl (C=O) groups is 1. The summed E-state index contributed by atoms with van der Waals surface area (Å²) in [5.74, 6) is -0.218. The van der Waals surface area contributed by atoms with E-state index in [1.807, 2.05) is 0 Å². The van der Waals surface area contributed by atoms with Crippen LogP contribution in [0.2, 0.25) is 0 Å². The van der Waals surface area contributed by atoms with E-state index in [2.05, 4.69) is 50.3 Å². The normalized spacial score (nSPS) is 12.8. The Morgan fingerprint density at radius 2 is 1.14 bits per heavy atom. The zero-order valence-corrected chi connectivity index (χ0v) is 24.5. The van der Waals surface area contributed by atoms with Crippen molar-refractivity contribution in [3.63, 3.8) is 0 Å². The van der Waals surface area contributed by atoms with Crippen LogP contribution in [0, 0.1) is 0 Å². The summed E-state index contributed by atoms with van der Waals surface area (Å²) in [5.41, 5.74) is 0. The van der Waals surface area contributed by atoms with E-state index in [-0.39, 0.29) is 12.6 Å². The molecule has 0 saturated heterocycles. The summed E-state index contributed by atoms with van der Waals surface area (Å²) in [6.07, 6.45) is 36.0. The Morgan fingerprint density at radius 3 is 1.76 bits per heavy atom. The molecule has 0 heterocycles. The van der Waals surface area contributed by atoms with E-state index in [9.17, 15) is 9.90 Å². The highest BCUT2D eigenvalue weighted by Gasteiger charge is 2.13. The second-order valence-electron chi connectivity index (χ2n) is 10.2. The van der Waals surface area contributed by atoms with Crippen LogP contribution in [0.1, 0.15) is 142 Å². The molecule has 0 bridgehead atoms. The molecular weight excluding hydrogens is 460 g/mol. The largest absolute Gasteiger partial charge is 0.457 e. The average Bonchev–Trinajstić information content (AvgIpc) is 2.90. The van der Waals surface area contributed by atoms with Crippen LogP contribution in [0.15, 0.2) is 36.5 Å². The smallest absolute Gasteiger partial charge is 0.306 e. The van der Waals surface area contributed by atoms with Crippen LogP contribution in [0.4, 0.5) is 0 Å². The van der Waals surface area contributed by atoms with E-state index in [0.717, 1.165) is 44.9 Å². The van der Waals surface area contributed by atoms with Gasteiger partial charge in [-0.3, -0.25) is 4.79 Å². The van der Waals surface area contributed by atoms with Crippen molar-refractivity contribution in [1.82, 2.24) is 0 Å². The van der Waals surface area contributed by atoms with Gasteiger partial charge in [0, 0.05) is 13.0 Å². The Labute approximate surface area is 230 Å². The Hall–Kier alpha value is -1.39. The number of esters is 1. The summed E-state index contributed by atoms with van der Waals surface area (Å²) in [7, 11) is 0. The number of unbranched alkanes of at least 4 members (excludes halogenated alkanes) is 14. The van der Waals surface area contributed by atoms with Gasteiger partial charge in [0.25, 0.3) is 0 Å².